The van der Waals surface area contributed by atoms with Gasteiger partial charge in [-0.25, -0.2) is 9.99 Å². The van der Waals surface area contributed by atoms with Gasteiger partial charge in [0, 0.05) is 36.9 Å². The minimum absolute atomic E-state index is 0.0394. The number of hydrazine groups is 1. The molecule has 0 aromatic carbocycles. The number of nitrogens with zero attached hydrogens (tertiary/aromatic N) is 2. The Kier molecular flexibility index (Phi) is 4.04. The van der Waals surface area contributed by atoms with Gasteiger partial charge in [-0.2, -0.15) is 0 Å². The number of aromatic nitrogens is 2. The van der Waals surface area contributed by atoms with E-state index in [2.05, 4.69) is 20.7 Å². The second kappa shape index (κ2) is 6.36. The predicted molar refractivity (Wildman–Crippen MR) is 93.7 cm³/mol. The molecule has 8 nitrogen and oxygen atoms in total. The van der Waals surface area contributed by atoms with Crippen LogP contribution in [0.25, 0.3) is 11.0 Å². The number of primary amides is 1. The number of H-pyrrole nitrogens is 1. The first-order valence-corrected chi connectivity index (χ1v) is 8.69. The molecular formula is C17H22N6O2. The third-order valence-corrected chi connectivity index (χ3v) is 4.84. The summed E-state index contributed by atoms with van der Waals surface area (Å²) in [5, 5.41) is 5.88. The van der Waals surface area contributed by atoms with E-state index in [9.17, 15) is 9.59 Å². The van der Waals surface area contributed by atoms with E-state index in [0.29, 0.717) is 29.5 Å². The quantitative estimate of drug-likeness (QED) is 0.646. The SMILES string of the molecule is NC(=O)c1cnc2[nH]ccc2c1NN1CCCC(C(=O)NC2CC2)C1. The van der Waals surface area contributed by atoms with Crippen molar-refractivity contribution in [2.45, 2.75) is 31.7 Å². The highest BCUT2D eigenvalue weighted by molar-refractivity contribution is 6.05. The minimum atomic E-state index is -0.530. The molecule has 2 aliphatic rings. The Bertz CT molecular complexity index is 813. The van der Waals surface area contributed by atoms with Crippen molar-refractivity contribution in [3.8, 4) is 0 Å². The maximum absolute atomic E-state index is 12.3. The maximum atomic E-state index is 12.3. The van der Waals surface area contributed by atoms with Gasteiger partial charge in [0.2, 0.25) is 5.91 Å². The van der Waals surface area contributed by atoms with Crippen LogP contribution in [0.5, 0.6) is 0 Å². The van der Waals surface area contributed by atoms with Gasteiger partial charge in [0.15, 0.2) is 0 Å². The number of amides is 2. The lowest BCUT2D eigenvalue weighted by molar-refractivity contribution is -0.126. The highest BCUT2D eigenvalue weighted by Crippen LogP contribution is 2.28. The van der Waals surface area contributed by atoms with Crippen molar-refractivity contribution in [2.75, 3.05) is 18.5 Å². The van der Waals surface area contributed by atoms with Gasteiger partial charge in [-0.1, -0.05) is 0 Å². The molecule has 1 saturated heterocycles. The molecule has 132 valence electrons. The molecule has 2 aromatic rings. The molecule has 2 amide bonds. The summed E-state index contributed by atoms with van der Waals surface area (Å²) in [6.45, 7) is 1.41. The molecule has 25 heavy (non-hydrogen) atoms. The monoisotopic (exact) mass is 342 g/mol. The summed E-state index contributed by atoms with van der Waals surface area (Å²) in [6, 6.07) is 2.23. The topological polar surface area (TPSA) is 116 Å². The molecule has 0 radical (unpaired) electrons. The number of carbonyl (C=O) groups is 2. The largest absolute Gasteiger partial charge is 0.365 e. The van der Waals surface area contributed by atoms with Crippen LogP contribution in [0.2, 0.25) is 0 Å². The third-order valence-electron chi connectivity index (χ3n) is 4.84. The summed E-state index contributed by atoms with van der Waals surface area (Å²) in [4.78, 5) is 31.4. The second-order valence-corrected chi connectivity index (χ2v) is 6.83. The van der Waals surface area contributed by atoms with Crippen LogP contribution in [-0.4, -0.2) is 45.9 Å². The molecule has 0 bridgehead atoms. The number of carbonyl (C=O) groups excluding carboxylic acids is 2. The molecule has 2 aromatic heterocycles. The number of hydrogen-bond donors (Lipinski definition) is 4. The fraction of sp³-hybridized carbons (Fsp3) is 0.471. The van der Waals surface area contributed by atoms with E-state index < -0.39 is 5.91 Å². The van der Waals surface area contributed by atoms with Crippen molar-refractivity contribution in [3.63, 3.8) is 0 Å². The molecule has 1 aliphatic heterocycles. The van der Waals surface area contributed by atoms with Gasteiger partial charge < -0.3 is 21.5 Å². The number of rotatable bonds is 5. The van der Waals surface area contributed by atoms with Crippen molar-refractivity contribution in [2.24, 2.45) is 11.7 Å². The van der Waals surface area contributed by atoms with Crippen LogP contribution in [0.3, 0.4) is 0 Å². The lowest BCUT2D eigenvalue weighted by Crippen LogP contribution is -2.46. The van der Waals surface area contributed by atoms with Crippen LogP contribution in [0.15, 0.2) is 18.5 Å². The van der Waals surface area contributed by atoms with Gasteiger partial charge in [0.25, 0.3) is 5.91 Å². The van der Waals surface area contributed by atoms with Crippen molar-refractivity contribution in [3.05, 3.63) is 24.0 Å². The van der Waals surface area contributed by atoms with E-state index in [1.807, 2.05) is 11.1 Å². The van der Waals surface area contributed by atoms with Crippen LogP contribution >= 0.6 is 0 Å². The zero-order chi connectivity index (χ0) is 17.4. The fourth-order valence-corrected chi connectivity index (χ4v) is 3.31. The van der Waals surface area contributed by atoms with Gasteiger partial charge in [-0.05, 0) is 31.7 Å². The van der Waals surface area contributed by atoms with E-state index in [0.717, 1.165) is 37.6 Å². The number of aromatic amines is 1. The Morgan fingerprint density at radius 3 is 2.92 bits per heavy atom. The van der Waals surface area contributed by atoms with Crippen LogP contribution in [0, 0.1) is 5.92 Å². The van der Waals surface area contributed by atoms with Crippen LogP contribution in [0.4, 0.5) is 5.69 Å². The summed E-state index contributed by atoms with van der Waals surface area (Å²) in [6.07, 6.45) is 7.23. The first kappa shape index (κ1) is 15.9. The lowest BCUT2D eigenvalue weighted by Gasteiger charge is -2.33. The van der Waals surface area contributed by atoms with Gasteiger partial charge >= 0.3 is 0 Å². The third kappa shape index (κ3) is 3.30. The average molecular weight is 342 g/mol. The van der Waals surface area contributed by atoms with E-state index in [1.54, 1.807) is 6.20 Å². The fourth-order valence-electron chi connectivity index (χ4n) is 3.31. The summed E-state index contributed by atoms with van der Waals surface area (Å²) in [7, 11) is 0. The molecule has 1 unspecified atom stereocenters. The smallest absolute Gasteiger partial charge is 0.252 e. The Labute approximate surface area is 145 Å². The zero-order valence-corrected chi connectivity index (χ0v) is 13.9. The number of nitrogens with one attached hydrogen (secondary N) is 3. The van der Waals surface area contributed by atoms with Crippen molar-refractivity contribution >= 4 is 28.5 Å². The molecule has 1 aliphatic carbocycles. The van der Waals surface area contributed by atoms with Crippen LogP contribution < -0.4 is 16.5 Å². The molecule has 2 fully saturated rings. The molecule has 1 atom stereocenters. The van der Waals surface area contributed by atoms with E-state index in [1.165, 1.54) is 6.20 Å². The number of anilines is 1. The number of pyridine rings is 1. The Hall–Kier alpha value is -2.61. The molecule has 5 N–H and O–H groups in total. The summed E-state index contributed by atoms with van der Waals surface area (Å²) >= 11 is 0. The maximum Gasteiger partial charge on any atom is 0.252 e. The van der Waals surface area contributed by atoms with Crippen molar-refractivity contribution < 1.29 is 9.59 Å². The highest BCUT2D eigenvalue weighted by atomic mass is 16.2. The van der Waals surface area contributed by atoms with Gasteiger partial charge in [0.1, 0.15) is 5.65 Å². The number of fused-ring (bicyclic) bond motifs is 1. The number of piperidine rings is 1. The normalized spacial score (nSPS) is 21.2. The average Bonchev–Trinajstić information content (AvgIpc) is 3.28. The Morgan fingerprint density at radius 1 is 1.32 bits per heavy atom. The number of nitrogens with two attached hydrogens (primary N) is 1. The summed E-state index contributed by atoms with van der Waals surface area (Å²) in [5.74, 6) is -0.439. The zero-order valence-electron chi connectivity index (χ0n) is 13.9. The lowest BCUT2D eigenvalue weighted by atomic mass is 9.98. The van der Waals surface area contributed by atoms with Crippen LogP contribution in [0.1, 0.15) is 36.0 Å². The Balaban J connectivity index is 1.53. The minimum Gasteiger partial charge on any atom is -0.365 e. The molecule has 1 saturated carbocycles. The van der Waals surface area contributed by atoms with Crippen molar-refractivity contribution in [1.82, 2.24) is 20.3 Å². The summed E-state index contributed by atoms with van der Waals surface area (Å²) < 4.78 is 0. The predicted octanol–water partition coefficient (Wildman–Crippen LogP) is 0.979. The first-order chi connectivity index (χ1) is 12.1. The van der Waals surface area contributed by atoms with Gasteiger partial charge in [-0.15, -0.1) is 0 Å². The van der Waals surface area contributed by atoms with Crippen LogP contribution in [-0.2, 0) is 4.79 Å². The second-order valence-electron chi connectivity index (χ2n) is 6.83. The standard InChI is InChI=1S/C17H22N6O2/c18-15(24)13-8-20-16-12(5-6-19-16)14(13)22-23-7-1-2-10(9-23)17(25)21-11-3-4-11/h5-6,8,10-11H,1-4,7,9H2,(H2,18,24)(H,21,25)(H2,19,20,22). The van der Waals surface area contributed by atoms with E-state index in [4.69, 9.17) is 5.73 Å². The van der Waals surface area contributed by atoms with Gasteiger partial charge in [-0.3, -0.25) is 9.59 Å². The first-order valence-electron chi connectivity index (χ1n) is 8.69. The molecule has 0 spiro atoms. The molecular weight excluding hydrogens is 320 g/mol. The molecule has 8 heteroatoms. The molecule has 4 rings (SSSR count). The van der Waals surface area contributed by atoms with Crippen molar-refractivity contribution in [1.29, 1.82) is 0 Å². The Morgan fingerprint density at radius 2 is 2.16 bits per heavy atom. The van der Waals surface area contributed by atoms with E-state index >= 15 is 0 Å². The molecule has 3 heterocycles. The van der Waals surface area contributed by atoms with E-state index in [-0.39, 0.29) is 11.8 Å². The van der Waals surface area contributed by atoms with Gasteiger partial charge in [0.05, 0.1) is 17.2 Å². The number of hydrogen-bond acceptors (Lipinski definition) is 5. The highest BCUT2D eigenvalue weighted by Gasteiger charge is 2.31. The summed E-state index contributed by atoms with van der Waals surface area (Å²) in [5.41, 5.74) is 10.5.